The van der Waals surface area contributed by atoms with Crippen LogP contribution in [0, 0.1) is 11.8 Å². The number of rotatable bonds is 7. The molecular weight excluding hydrogens is 510 g/mol. The summed E-state index contributed by atoms with van der Waals surface area (Å²) < 4.78 is 61.3. The predicted molar refractivity (Wildman–Crippen MR) is 114 cm³/mol. The van der Waals surface area contributed by atoms with E-state index in [2.05, 4.69) is 34.6 Å². The van der Waals surface area contributed by atoms with Crippen LogP contribution in [0.3, 0.4) is 0 Å². The number of hydrogen-bond acceptors (Lipinski definition) is 4. The molecule has 2 N–H and O–H groups in total. The van der Waals surface area contributed by atoms with Gasteiger partial charge in [0.15, 0.2) is 5.96 Å². The molecule has 1 aliphatic heterocycles. The van der Waals surface area contributed by atoms with Crippen LogP contribution in [0.2, 0.25) is 0 Å². The van der Waals surface area contributed by atoms with E-state index >= 15 is 0 Å². The number of sulfonamides is 1. The van der Waals surface area contributed by atoms with E-state index in [-0.39, 0.29) is 43.0 Å². The number of nitrogens with zero attached hydrogens (tertiary/aromatic N) is 3. The van der Waals surface area contributed by atoms with E-state index in [1.165, 1.54) is 12.8 Å². The van der Waals surface area contributed by atoms with Crippen molar-refractivity contribution in [1.82, 2.24) is 19.8 Å². The Balaban J connectivity index is 0.00000392. The molecule has 12 heteroatoms. The number of nitrogens with one attached hydrogen (secondary N) is 2. The fourth-order valence-corrected chi connectivity index (χ4v) is 4.40. The minimum atomic E-state index is -5.23. The number of piperidine rings is 1. The highest BCUT2D eigenvalue weighted by atomic mass is 127. The second kappa shape index (κ2) is 10.6. The molecule has 1 saturated heterocycles. The van der Waals surface area contributed by atoms with Crippen LogP contribution in [0.15, 0.2) is 4.99 Å². The molecule has 1 unspecified atom stereocenters. The molecular formula is C16H31F3IN5O2S. The van der Waals surface area contributed by atoms with Gasteiger partial charge < -0.3 is 15.5 Å². The first-order valence-electron chi connectivity index (χ1n) is 9.23. The smallest absolute Gasteiger partial charge is 0.356 e. The van der Waals surface area contributed by atoms with E-state index in [9.17, 15) is 21.6 Å². The number of likely N-dealkylation sites (N-methyl/N-ethyl adjacent to an activating group) is 1. The Morgan fingerprint density at radius 1 is 1.18 bits per heavy atom. The van der Waals surface area contributed by atoms with Crippen molar-refractivity contribution in [3.63, 3.8) is 0 Å². The van der Waals surface area contributed by atoms with Gasteiger partial charge in [0, 0.05) is 39.3 Å². The molecule has 0 bridgehead atoms. The molecule has 0 aromatic heterocycles. The lowest BCUT2D eigenvalue weighted by atomic mass is 9.98. The average molecular weight is 541 g/mol. The van der Waals surface area contributed by atoms with Crippen molar-refractivity contribution in [3.05, 3.63) is 0 Å². The van der Waals surface area contributed by atoms with Gasteiger partial charge in [-0.3, -0.25) is 4.99 Å². The van der Waals surface area contributed by atoms with E-state index in [4.69, 9.17) is 0 Å². The van der Waals surface area contributed by atoms with Gasteiger partial charge in [0.2, 0.25) is 0 Å². The quantitative estimate of drug-likeness (QED) is 0.292. The number of alkyl halides is 3. The summed E-state index contributed by atoms with van der Waals surface area (Å²) in [5, 5.41) is 6.51. The topological polar surface area (TPSA) is 77.0 Å². The molecule has 28 heavy (non-hydrogen) atoms. The van der Waals surface area contributed by atoms with Crippen LogP contribution in [-0.4, -0.2) is 82.5 Å². The van der Waals surface area contributed by atoms with Crippen molar-refractivity contribution in [2.75, 3.05) is 47.3 Å². The third-order valence-corrected chi connectivity index (χ3v) is 6.93. The summed E-state index contributed by atoms with van der Waals surface area (Å²) in [6, 6.07) is 0.444. The largest absolute Gasteiger partial charge is 0.511 e. The van der Waals surface area contributed by atoms with Crippen LogP contribution in [-0.2, 0) is 10.0 Å². The molecule has 1 aliphatic carbocycles. The highest BCUT2D eigenvalue weighted by Gasteiger charge is 2.50. The molecule has 7 nitrogen and oxygen atoms in total. The van der Waals surface area contributed by atoms with E-state index < -0.39 is 15.5 Å². The summed E-state index contributed by atoms with van der Waals surface area (Å²) in [6.07, 6.45) is 3.27. The van der Waals surface area contributed by atoms with E-state index in [0.717, 1.165) is 6.54 Å². The molecule has 2 aliphatic rings. The lowest BCUT2D eigenvalue weighted by Gasteiger charge is -2.32. The fourth-order valence-electron chi connectivity index (χ4n) is 3.41. The fraction of sp³-hybridized carbons (Fsp3) is 0.938. The second-order valence-electron chi connectivity index (χ2n) is 7.50. The zero-order chi connectivity index (χ0) is 20.2. The SMILES string of the molecule is CN=C(NCC1CCN(S(=O)(=O)C(F)(F)F)CC1)NCC(C1CC1)N(C)C.I. The Hall–Kier alpha value is -0.340. The monoisotopic (exact) mass is 541 g/mol. The van der Waals surface area contributed by atoms with Crippen molar-refractivity contribution in [1.29, 1.82) is 0 Å². The molecule has 1 heterocycles. The summed E-state index contributed by atoms with van der Waals surface area (Å²) in [4.78, 5) is 6.39. The maximum absolute atomic E-state index is 12.6. The van der Waals surface area contributed by atoms with E-state index in [1.807, 2.05) is 0 Å². The molecule has 0 aromatic carbocycles. The van der Waals surface area contributed by atoms with Crippen LogP contribution >= 0.6 is 24.0 Å². The van der Waals surface area contributed by atoms with Gasteiger partial charge in [-0.05, 0) is 51.6 Å². The number of hydrogen-bond donors (Lipinski definition) is 2. The summed E-state index contributed by atoms with van der Waals surface area (Å²) in [6.45, 7) is 1.12. The van der Waals surface area contributed by atoms with Gasteiger partial charge in [-0.2, -0.15) is 17.5 Å². The van der Waals surface area contributed by atoms with E-state index in [0.29, 0.717) is 41.6 Å². The average Bonchev–Trinajstić information content (AvgIpc) is 3.42. The molecule has 0 amide bonds. The third kappa shape index (κ3) is 6.87. The molecule has 0 radical (unpaired) electrons. The number of guanidine groups is 1. The van der Waals surface area contributed by atoms with Gasteiger partial charge in [-0.15, -0.1) is 24.0 Å². The summed E-state index contributed by atoms with van der Waals surface area (Å²) in [5.41, 5.74) is -5.23. The van der Waals surface area contributed by atoms with Gasteiger partial charge in [0.1, 0.15) is 0 Å². The Morgan fingerprint density at radius 2 is 1.75 bits per heavy atom. The Bertz CT molecular complexity index is 616. The molecule has 0 spiro atoms. The first kappa shape index (κ1) is 25.7. The first-order valence-corrected chi connectivity index (χ1v) is 10.7. The zero-order valence-electron chi connectivity index (χ0n) is 16.5. The van der Waals surface area contributed by atoms with Gasteiger partial charge in [-0.25, -0.2) is 8.42 Å². The van der Waals surface area contributed by atoms with Crippen molar-refractivity contribution < 1.29 is 21.6 Å². The highest BCUT2D eigenvalue weighted by Crippen LogP contribution is 2.34. The highest BCUT2D eigenvalue weighted by molar-refractivity contribution is 14.0. The zero-order valence-corrected chi connectivity index (χ0v) is 19.6. The minimum Gasteiger partial charge on any atom is -0.356 e. The Kier molecular flexibility index (Phi) is 9.74. The molecule has 0 aromatic rings. The molecule has 1 atom stereocenters. The van der Waals surface area contributed by atoms with Crippen molar-refractivity contribution in [3.8, 4) is 0 Å². The third-order valence-electron chi connectivity index (χ3n) is 5.30. The summed E-state index contributed by atoms with van der Waals surface area (Å²) in [7, 11) is 0.579. The van der Waals surface area contributed by atoms with Crippen LogP contribution in [0.1, 0.15) is 25.7 Å². The van der Waals surface area contributed by atoms with Crippen LogP contribution in [0.25, 0.3) is 0 Å². The van der Waals surface area contributed by atoms with Crippen LogP contribution < -0.4 is 10.6 Å². The van der Waals surface area contributed by atoms with Crippen molar-refractivity contribution in [2.24, 2.45) is 16.8 Å². The van der Waals surface area contributed by atoms with Gasteiger partial charge in [0.25, 0.3) is 0 Å². The standard InChI is InChI=1S/C16H30F3N5O2S.HI/c1-20-15(22-11-14(23(2)3)13-4-5-13)21-10-12-6-8-24(9-7-12)27(25,26)16(17,18)19;/h12-14H,4-11H2,1-3H3,(H2,20,21,22);1H. The van der Waals surface area contributed by atoms with Crippen LogP contribution in [0.5, 0.6) is 0 Å². The normalized spacial score (nSPS) is 21.3. The van der Waals surface area contributed by atoms with Crippen molar-refractivity contribution >= 4 is 40.0 Å². The van der Waals surface area contributed by atoms with Gasteiger partial charge >= 0.3 is 15.5 Å². The second-order valence-corrected chi connectivity index (χ2v) is 9.43. The summed E-state index contributed by atoms with van der Waals surface area (Å²) >= 11 is 0. The Morgan fingerprint density at radius 3 is 2.18 bits per heavy atom. The number of aliphatic imine (C=N–C) groups is 1. The molecule has 2 rings (SSSR count). The van der Waals surface area contributed by atoms with Crippen LogP contribution in [0.4, 0.5) is 13.2 Å². The minimum absolute atomic E-state index is 0. The lowest BCUT2D eigenvalue weighted by Crippen LogP contribution is -2.49. The molecule has 1 saturated carbocycles. The van der Waals surface area contributed by atoms with Gasteiger partial charge in [0.05, 0.1) is 0 Å². The summed E-state index contributed by atoms with van der Waals surface area (Å²) in [5.74, 6) is 1.48. The first-order chi connectivity index (χ1) is 12.6. The number of halogens is 4. The maximum Gasteiger partial charge on any atom is 0.511 e. The van der Waals surface area contributed by atoms with Crippen molar-refractivity contribution in [2.45, 2.75) is 37.2 Å². The maximum atomic E-state index is 12.6. The lowest BCUT2D eigenvalue weighted by molar-refractivity contribution is -0.0496. The molecule has 166 valence electrons. The molecule has 2 fully saturated rings. The van der Waals surface area contributed by atoms with Gasteiger partial charge in [-0.1, -0.05) is 0 Å². The predicted octanol–water partition coefficient (Wildman–Crippen LogP) is 1.67. The van der Waals surface area contributed by atoms with E-state index in [1.54, 1.807) is 7.05 Å². The Labute approximate surface area is 182 Å².